The summed E-state index contributed by atoms with van der Waals surface area (Å²) in [6, 6.07) is 7.19. The van der Waals surface area contributed by atoms with Gasteiger partial charge in [0.25, 0.3) is 5.91 Å². The number of rotatable bonds is 3. The lowest BCUT2D eigenvalue weighted by Crippen LogP contribution is -2.52. The fourth-order valence-electron chi connectivity index (χ4n) is 1.06. The molecule has 0 spiro atoms. The first-order valence-electron chi connectivity index (χ1n) is 4.71. The molecule has 0 saturated carbocycles. The topological polar surface area (TPSA) is 55.1 Å². The lowest BCUT2D eigenvalue weighted by Gasteiger charge is -2.24. The van der Waals surface area contributed by atoms with Crippen LogP contribution in [0.25, 0.3) is 0 Å². The summed E-state index contributed by atoms with van der Waals surface area (Å²) in [6.07, 6.45) is 0. The molecule has 0 atom stereocenters. The van der Waals surface area contributed by atoms with E-state index in [1.54, 1.807) is 26.0 Å². The van der Waals surface area contributed by atoms with E-state index in [4.69, 9.17) is 18.0 Å². The van der Waals surface area contributed by atoms with Gasteiger partial charge in [-0.1, -0.05) is 24.4 Å². The van der Waals surface area contributed by atoms with Gasteiger partial charge in [-0.25, -0.2) is 0 Å². The molecule has 3 nitrogen and oxygen atoms in total. The first kappa shape index (κ1) is 13.1. The van der Waals surface area contributed by atoms with Gasteiger partial charge in [0.2, 0.25) is 0 Å². The Kier molecular flexibility index (Phi) is 4.04. The van der Waals surface area contributed by atoms with Gasteiger partial charge in [-0.3, -0.25) is 4.79 Å². The molecule has 0 aliphatic carbocycles. The van der Waals surface area contributed by atoms with Crippen LogP contribution in [0.15, 0.2) is 28.7 Å². The number of halogens is 1. The molecule has 1 aromatic rings. The molecular formula is C11H13BrN2OS. The third-order valence-corrected chi connectivity index (χ3v) is 3.36. The van der Waals surface area contributed by atoms with E-state index < -0.39 is 5.54 Å². The number of nitrogens with one attached hydrogen (secondary N) is 1. The SMILES string of the molecule is CC(C)(NC(=O)c1ccccc1Br)C(N)=S. The molecule has 0 saturated heterocycles. The van der Waals surface area contributed by atoms with Crippen molar-refractivity contribution in [1.29, 1.82) is 0 Å². The minimum absolute atomic E-state index is 0.203. The van der Waals surface area contributed by atoms with Crippen molar-refractivity contribution < 1.29 is 4.79 Å². The minimum atomic E-state index is -0.693. The van der Waals surface area contributed by atoms with Crippen LogP contribution in [0, 0.1) is 0 Å². The van der Waals surface area contributed by atoms with Gasteiger partial charge in [0, 0.05) is 4.47 Å². The molecule has 0 radical (unpaired) electrons. The van der Waals surface area contributed by atoms with Crippen molar-refractivity contribution in [3.8, 4) is 0 Å². The fraction of sp³-hybridized carbons (Fsp3) is 0.273. The van der Waals surface area contributed by atoms with Crippen LogP contribution in [0.3, 0.4) is 0 Å². The third kappa shape index (κ3) is 3.02. The van der Waals surface area contributed by atoms with Crippen LogP contribution in [-0.2, 0) is 0 Å². The highest BCUT2D eigenvalue weighted by Crippen LogP contribution is 2.16. The van der Waals surface area contributed by atoms with Crippen LogP contribution < -0.4 is 11.1 Å². The van der Waals surface area contributed by atoms with E-state index >= 15 is 0 Å². The van der Waals surface area contributed by atoms with Gasteiger partial charge in [0.15, 0.2) is 0 Å². The Morgan fingerprint density at radius 3 is 2.50 bits per heavy atom. The van der Waals surface area contributed by atoms with Gasteiger partial charge >= 0.3 is 0 Å². The summed E-state index contributed by atoms with van der Waals surface area (Å²) < 4.78 is 0.742. The van der Waals surface area contributed by atoms with Gasteiger partial charge in [-0.15, -0.1) is 0 Å². The van der Waals surface area contributed by atoms with Crippen molar-refractivity contribution in [2.75, 3.05) is 0 Å². The fourth-order valence-corrected chi connectivity index (χ4v) is 1.57. The van der Waals surface area contributed by atoms with Gasteiger partial charge in [-0.2, -0.15) is 0 Å². The molecule has 0 unspecified atom stereocenters. The monoisotopic (exact) mass is 300 g/mol. The predicted molar refractivity (Wildman–Crippen MR) is 72.5 cm³/mol. The highest BCUT2D eigenvalue weighted by molar-refractivity contribution is 9.10. The Morgan fingerprint density at radius 2 is 2.00 bits per heavy atom. The zero-order valence-electron chi connectivity index (χ0n) is 9.08. The van der Waals surface area contributed by atoms with Crippen molar-refractivity contribution in [2.45, 2.75) is 19.4 Å². The van der Waals surface area contributed by atoms with E-state index in [2.05, 4.69) is 21.2 Å². The number of nitrogens with two attached hydrogens (primary N) is 1. The van der Waals surface area contributed by atoms with E-state index in [-0.39, 0.29) is 10.9 Å². The average molecular weight is 301 g/mol. The lowest BCUT2D eigenvalue weighted by molar-refractivity contribution is 0.0931. The van der Waals surface area contributed by atoms with Gasteiger partial charge in [0.1, 0.15) is 0 Å². The van der Waals surface area contributed by atoms with Crippen molar-refractivity contribution in [3.05, 3.63) is 34.3 Å². The van der Waals surface area contributed by atoms with Gasteiger partial charge in [0.05, 0.1) is 16.1 Å². The molecule has 1 aromatic carbocycles. The molecule has 3 N–H and O–H groups in total. The Labute approximate surface area is 109 Å². The second-order valence-electron chi connectivity index (χ2n) is 3.92. The average Bonchev–Trinajstić information content (AvgIpc) is 2.17. The second-order valence-corrected chi connectivity index (χ2v) is 5.22. The molecule has 1 rings (SSSR count). The Morgan fingerprint density at radius 1 is 1.44 bits per heavy atom. The van der Waals surface area contributed by atoms with Crippen LogP contribution in [0.2, 0.25) is 0 Å². The molecule has 0 heterocycles. The maximum absolute atomic E-state index is 11.9. The van der Waals surface area contributed by atoms with E-state index in [9.17, 15) is 4.79 Å². The Hall–Kier alpha value is -0.940. The van der Waals surface area contributed by atoms with Gasteiger partial charge in [-0.05, 0) is 41.9 Å². The molecular weight excluding hydrogens is 288 g/mol. The van der Waals surface area contributed by atoms with Crippen LogP contribution >= 0.6 is 28.1 Å². The summed E-state index contributed by atoms with van der Waals surface area (Å²) in [5.74, 6) is -0.203. The highest BCUT2D eigenvalue weighted by atomic mass is 79.9. The zero-order valence-corrected chi connectivity index (χ0v) is 11.5. The first-order valence-corrected chi connectivity index (χ1v) is 5.91. The number of benzene rings is 1. The molecule has 16 heavy (non-hydrogen) atoms. The second kappa shape index (κ2) is 4.93. The quantitative estimate of drug-likeness (QED) is 0.842. The lowest BCUT2D eigenvalue weighted by atomic mass is 10.1. The first-order chi connectivity index (χ1) is 7.34. The molecule has 1 amide bonds. The highest BCUT2D eigenvalue weighted by Gasteiger charge is 2.24. The molecule has 5 heteroatoms. The predicted octanol–water partition coefficient (Wildman–Crippen LogP) is 2.24. The molecule has 0 bridgehead atoms. The maximum Gasteiger partial charge on any atom is 0.253 e. The van der Waals surface area contributed by atoms with E-state index in [0.29, 0.717) is 5.56 Å². The number of carbonyl (C=O) groups is 1. The third-order valence-electron chi connectivity index (χ3n) is 2.16. The van der Waals surface area contributed by atoms with Crippen molar-refractivity contribution in [1.82, 2.24) is 5.32 Å². The van der Waals surface area contributed by atoms with Gasteiger partial charge < -0.3 is 11.1 Å². The van der Waals surface area contributed by atoms with Crippen molar-refractivity contribution in [3.63, 3.8) is 0 Å². The summed E-state index contributed by atoms with van der Waals surface area (Å²) in [5.41, 5.74) is 5.41. The van der Waals surface area contributed by atoms with Crippen molar-refractivity contribution in [2.24, 2.45) is 5.73 Å². The minimum Gasteiger partial charge on any atom is -0.391 e. The summed E-state index contributed by atoms with van der Waals surface area (Å²) in [7, 11) is 0. The number of amides is 1. The number of hydrogen-bond acceptors (Lipinski definition) is 2. The van der Waals surface area contributed by atoms with Crippen LogP contribution in [-0.4, -0.2) is 16.4 Å². The normalized spacial score (nSPS) is 10.9. The summed E-state index contributed by atoms with van der Waals surface area (Å²) in [6.45, 7) is 3.54. The van der Waals surface area contributed by atoms with Crippen LogP contribution in [0.1, 0.15) is 24.2 Å². The molecule has 0 aromatic heterocycles. The number of carbonyl (C=O) groups excluding carboxylic acids is 1. The van der Waals surface area contributed by atoms with Crippen LogP contribution in [0.4, 0.5) is 0 Å². The Balaban J connectivity index is 2.89. The van der Waals surface area contributed by atoms with Crippen LogP contribution in [0.5, 0.6) is 0 Å². The van der Waals surface area contributed by atoms with Crippen molar-refractivity contribution >= 4 is 39.0 Å². The maximum atomic E-state index is 11.9. The Bertz CT molecular complexity index is 432. The number of hydrogen-bond donors (Lipinski definition) is 2. The largest absolute Gasteiger partial charge is 0.391 e. The zero-order chi connectivity index (χ0) is 12.3. The summed E-state index contributed by atoms with van der Waals surface area (Å²) >= 11 is 8.20. The molecule has 0 aliphatic rings. The summed E-state index contributed by atoms with van der Waals surface area (Å²) in [5, 5.41) is 2.78. The standard InChI is InChI=1S/C11H13BrN2OS/c1-11(2,10(13)16)14-9(15)7-5-3-4-6-8(7)12/h3-6H,1-2H3,(H2,13,16)(H,14,15). The molecule has 0 aliphatic heterocycles. The smallest absolute Gasteiger partial charge is 0.253 e. The number of thiocarbonyl (C=S) groups is 1. The van der Waals surface area contributed by atoms with E-state index in [1.807, 2.05) is 12.1 Å². The van der Waals surface area contributed by atoms with E-state index in [0.717, 1.165) is 4.47 Å². The molecule has 0 fully saturated rings. The molecule has 86 valence electrons. The summed E-state index contributed by atoms with van der Waals surface area (Å²) in [4.78, 5) is 12.2. The van der Waals surface area contributed by atoms with E-state index in [1.165, 1.54) is 0 Å².